The Labute approximate surface area is 237 Å². The van der Waals surface area contributed by atoms with Crippen LogP contribution in [0.3, 0.4) is 0 Å². The molecule has 5 nitrogen and oxygen atoms in total. The highest BCUT2D eigenvalue weighted by atomic mass is 79.9. The van der Waals surface area contributed by atoms with Crippen LogP contribution in [-0.4, -0.2) is 23.9 Å². The summed E-state index contributed by atoms with van der Waals surface area (Å²) >= 11 is 22.5. The standard InChI is InChI=1S/C26H20BrCl2NO4S2/c1-3-33-19-8-6-18(7-9-19)30-25(31)23(36-26(30)35)12-15-10-20(27)24(22(11-15)32-2)34-14-16-4-5-17(28)13-21(16)29/h4-13H,3,14H2,1-2H3/b23-12+. The van der Waals surface area contributed by atoms with Crippen LogP contribution in [-0.2, 0) is 11.4 Å². The normalized spacial score (nSPS) is 14.5. The number of carbonyl (C=O) groups is 1. The molecule has 1 saturated heterocycles. The van der Waals surface area contributed by atoms with E-state index in [0.29, 0.717) is 47.5 Å². The van der Waals surface area contributed by atoms with Crippen molar-refractivity contribution >= 4 is 85.1 Å². The van der Waals surface area contributed by atoms with Crippen molar-refractivity contribution in [2.75, 3.05) is 18.6 Å². The summed E-state index contributed by atoms with van der Waals surface area (Å²) in [5, 5.41) is 1.07. The van der Waals surface area contributed by atoms with Gasteiger partial charge in [-0.05, 0) is 83.0 Å². The first-order valence-electron chi connectivity index (χ1n) is 10.8. The Kier molecular flexibility index (Phi) is 8.85. The van der Waals surface area contributed by atoms with E-state index in [9.17, 15) is 4.79 Å². The molecule has 0 N–H and O–H groups in total. The van der Waals surface area contributed by atoms with Gasteiger partial charge in [0, 0.05) is 15.6 Å². The fraction of sp³-hybridized carbons (Fsp3) is 0.154. The third-order valence-electron chi connectivity index (χ3n) is 5.14. The van der Waals surface area contributed by atoms with Crippen molar-refractivity contribution < 1.29 is 19.0 Å². The van der Waals surface area contributed by atoms with Crippen molar-refractivity contribution in [1.29, 1.82) is 0 Å². The van der Waals surface area contributed by atoms with E-state index in [0.717, 1.165) is 16.9 Å². The number of hydrogen-bond acceptors (Lipinski definition) is 6. The van der Waals surface area contributed by atoms with Gasteiger partial charge in [0.25, 0.3) is 5.91 Å². The molecule has 0 radical (unpaired) electrons. The number of ether oxygens (including phenoxy) is 3. The molecule has 0 spiro atoms. The smallest absolute Gasteiger partial charge is 0.270 e. The fourth-order valence-electron chi connectivity index (χ4n) is 3.45. The zero-order valence-electron chi connectivity index (χ0n) is 19.2. The second-order valence-corrected chi connectivity index (χ2v) is 10.9. The predicted molar refractivity (Wildman–Crippen MR) is 155 cm³/mol. The minimum Gasteiger partial charge on any atom is -0.494 e. The molecule has 1 aliphatic rings. The van der Waals surface area contributed by atoms with Gasteiger partial charge in [-0.25, -0.2) is 0 Å². The minimum atomic E-state index is -0.193. The van der Waals surface area contributed by atoms with Gasteiger partial charge < -0.3 is 14.2 Å². The molecular formula is C26H20BrCl2NO4S2. The monoisotopic (exact) mass is 623 g/mol. The highest BCUT2D eigenvalue weighted by Crippen LogP contribution is 2.41. The van der Waals surface area contributed by atoms with E-state index < -0.39 is 0 Å². The highest BCUT2D eigenvalue weighted by molar-refractivity contribution is 9.10. The van der Waals surface area contributed by atoms with Crippen LogP contribution in [0.5, 0.6) is 17.2 Å². The number of rotatable bonds is 8. The molecule has 1 amide bonds. The summed E-state index contributed by atoms with van der Waals surface area (Å²) in [5.74, 6) is 1.56. The number of benzene rings is 3. The maximum atomic E-state index is 13.2. The Morgan fingerprint density at radius 2 is 1.83 bits per heavy atom. The van der Waals surface area contributed by atoms with E-state index in [4.69, 9.17) is 49.6 Å². The van der Waals surface area contributed by atoms with Gasteiger partial charge in [0.2, 0.25) is 0 Å². The van der Waals surface area contributed by atoms with E-state index in [1.807, 2.05) is 43.3 Å². The van der Waals surface area contributed by atoms with Crippen LogP contribution in [0.2, 0.25) is 10.0 Å². The van der Waals surface area contributed by atoms with Crippen LogP contribution in [0.1, 0.15) is 18.1 Å². The summed E-state index contributed by atoms with van der Waals surface area (Å²) in [4.78, 5) is 15.2. The van der Waals surface area contributed by atoms with E-state index in [-0.39, 0.29) is 12.5 Å². The molecule has 4 rings (SSSR count). The van der Waals surface area contributed by atoms with Crippen molar-refractivity contribution in [2.45, 2.75) is 13.5 Å². The van der Waals surface area contributed by atoms with E-state index in [1.165, 1.54) is 16.7 Å². The predicted octanol–water partition coefficient (Wildman–Crippen LogP) is 8.15. The molecule has 0 unspecified atom stereocenters. The topological polar surface area (TPSA) is 48.0 Å². The van der Waals surface area contributed by atoms with Crippen molar-refractivity contribution in [2.24, 2.45) is 0 Å². The number of thioether (sulfide) groups is 1. The molecule has 0 saturated carbocycles. The lowest BCUT2D eigenvalue weighted by Crippen LogP contribution is -2.27. The quantitative estimate of drug-likeness (QED) is 0.186. The fourth-order valence-corrected chi connectivity index (χ4v) is 5.79. The Hall–Kier alpha value is -2.23. The van der Waals surface area contributed by atoms with Crippen LogP contribution in [0, 0.1) is 0 Å². The van der Waals surface area contributed by atoms with Gasteiger partial charge in [0.15, 0.2) is 15.8 Å². The third kappa shape index (κ3) is 6.01. The second-order valence-electron chi connectivity index (χ2n) is 7.50. The lowest BCUT2D eigenvalue weighted by atomic mass is 10.1. The van der Waals surface area contributed by atoms with Crippen LogP contribution in [0.4, 0.5) is 5.69 Å². The van der Waals surface area contributed by atoms with Crippen LogP contribution in [0.15, 0.2) is 64.0 Å². The number of thiocarbonyl (C=S) groups is 1. The van der Waals surface area contributed by atoms with Gasteiger partial charge in [0.1, 0.15) is 12.4 Å². The number of amides is 1. The zero-order valence-corrected chi connectivity index (χ0v) is 23.9. The van der Waals surface area contributed by atoms with Crippen LogP contribution < -0.4 is 19.1 Å². The molecule has 10 heteroatoms. The molecule has 1 fully saturated rings. The van der Waals surface area contributed by atoms with Crippen molar-refractivity contribution in [3.8, 4) is 17.2 Å². The lowest BCUT2D eigenvalue weighted by Gasteiger charge is -2.15. The first kappa shape index (κ1) is 26.8. The molecule has 1 aliphatic heterocycles. The average molecular weight is 625 g/mol. The average Bonchev–Trinajstić information content (AvgIpc) is 3.12. The van der Waals surface area contributed by atoms with Gasteiger partial charge in [-0.2, -0.15) is 0 Å². The zero-order chi connectivity index (χ0) is 25.8. The molecule has 0 atom stereocenters. The molecule has 3 aromatic carbocycles. The van der Waals surface area contributed by atoms with Crippen LogP contribution >= 0.6 is 63.1 Å². The Balaban J connectivity index is 1.55. The molecule has 3 aromatic rings. The largest absolute Gasteiger partial charge is 0.494 e. The van der Waals surface area contributed by atoms with Crippen molar-refractivity contribution in [3.05, 3.63) is 85.1 Å². The maximum absolute atomic E-state index is 13.2. The number of carbonyl (C=O) groups excluding carboxylic acids is 1. The molecule has 1 heterocycles. The highest BCUT2D eigenvalue weighted by Gasteiger charge is 2.33. The number of hydrogen-bond donors (Lipinski definition) is 0. The number of anilines is 1. The molecule has 186 valence electrons. The lowest BCUT2D eigenvalue weighted by molar-refractivity contribution is -0.113. The number of methoxy groups -OCH3 is 1. The van der Waals surface area contributed by atoms with Crippen molar-refractivity contribution in [3.63, 3.8) is 0 Å². The van der Waals surface area contributed by atoms with Gasteiger partial charge in [-0.3, -0.25) is 9.69 Å². The Bertz CT molecular complexity index is 1350. The summed E-state index contributed by atoms with van der Waals surface area (Å²) in [7, 11) is 1.55. The Morgan fingerprint density at radius 1 is 1.08 bits per heavy atom. The Morgan fingerprint density at radius 3 is 2.50 bits per heavy atom. The summed E-state index contributed by atoms with van der Waals surface area (Å²) < 4.78 is 18.2. The summed E-state index contributed by atoms with van der Waals surface area (Å²) in [6, 6.07) is 16.2. The maximum Gasteiger partial charge on any atom is 0.270 e. The second kappa shape index (κ2) is 11.9. The number of nitrogens with zero attached hydrogens (tertiary/aromatic N) is 1. The van der Waals surface area contributed by atoms with E-state index in [1.54, 1.807) is 31.4 Å². The SMILES string of the molecule is CCOc1ccc(N2C(=O)/C(=C\c3cc(Br)c(OCc4ccc(Cl)cc4Cl)c(OC)c3)SC2=S)cc1. The molecule has 0 bridgehead atoms. The first-order valence-corrected chi connectivity index (χ1v) is 13.5. The van der Waals surface area contributed by atoms with E-state index in [2.05, 4.69) is 15.9 Å². The van der Waals surface area contributed by atoms with Crippen LogP contribution in [0.25, 0.3) is 6.08 Å². The summed E-state index contributed by atoms with van der Waals surface area (Å²) in [6.07, 6.45) is 1.78. The summed E-state index contributed by atoms with van der Waals surface area (Å²) in [6.45, 7) is 2.72. The van der Waals surface area contributed by atoms with E-state index >= 15 is 0 Å². The van der Waals surface area contributed by atoms with Crippen molar-refractivity contribution in [1.82, 2.24) is 0 Å². The molecular weight excluding hydrogens is 605 g/mol. The van der Waals surface area contributed by atoms with Gasteiger partial charge in [0.05, 0.1) is 28.8 Å². The molecule has 0 aliphatic carbocycles. The summed E-state index contributed by atoms with van der Waals surface area (Å²) in [5.41, 5.74) is 2.23. The molecule has 36 heavy (non-hydrogen) atoms. The van der Waals surface area contributed by atoms with Gasteiger partial charge in [-0.1, -0.05) is 53.2 Å². The van der Waals surface area contributed by atoms with Gasteiger partial charge >= 0.3 is 0 Å². The number of halogens is 3. The third-order valence-corrected chi connectivity index (χ3v) is 7.61. The first-order chi connectivity index (χ1) is 17.3. The van der Waals surface area contributed by atoms with Gasteiger partial charge in [-0.15, -0.1) is 0 Å². The minimum absolute atomic E-state index is 0.193. The molecule has 0 aromatic heterocycles.